The van der Waals surface area contributed by atoms with Gasteiger partial charge in [-0.15, -0.1) is 0 Å². The number of anilines is 4. The molecule has 4 rings (SSSR count). The Hall–Kier alpha value is -4.31. The molecule has 0 fully saturated rings. The first-order chi connectivity index (χ1) is 16.0. The first-order valence-electron chi connectivity index (χ1n) is 10.3. The van der Waals surface area contributed by atoms with Crippen LogP contribution in [0, 0.1) is 0 Å². The first kappa shape index (κ1) is 21.9. The number of nitrogens with two attached hydrogens (primary N) is 1. The number of rotatable bonds is 7. The number of carbonyl (C=O) groups is 2. The van der Waals surface area contributed by atoms with Gasteiger partial charge < -0.3 is 30.9 Å². The topological polar surface area (TPSA) is 139 Å². The number of carboxylic acids is 1. The van der Waals surface area contributed by atoms with Gasteiger partial charge in [0, 0.05) is 18.3 Å². The molecule has 2 heterocycles. The number of benzene rings is 2. The zero-order valence-electron chi connectivity index (χ0n) is 17.7. The molecule has 0 bridgehead atoms. The van der Waals surface area contributed by atoms with Crippen molar-refractivity contribution >= 4 is 34.9 Å². The summed E-state index contributed by atoms with van der Waals surface area (Å²) in [6, 6.07) is 15.0. The molecule has 1 aliphatic heterocycles. The number of nitrogens with one attached hydrogen (secondary N) is 2. The minimum atomic E-state index is -1.06. The van der Waals surface area contributed by atoms with Crippen LogP contribution in [-0.4, -0.2) is 48.4 Å². The Labute approximate surface area is 189 Å². The second kappa shape index (κ2) is 9.88. The molecule has 170 valence electrons. The molecule has 0 saturated carbocycles. The molecule has 0 saturated heterocycles. The Morgan fingerprint density at radius 1 is 1.15 bits per heavy atom. The van der Waals surface area contributed by atoms with Crippen molar-refractivity contribution in [2.75, 3.05) is 41.8 Å². The fourth-order valence-corrected chi connectivity index (χ4v) is 3.29. The number of pyridine rings is 1. The lowest BCUT2D eigenvalue weighted by atomic mass is 10.2. The molecule has 2 aromatic carbocycles. The number of para-hydroxylation sites is 1. The number of nitrogens with zero attached hydrogens (tertiary/aromatic N) is 2. The number of ether oxygens (including phenoxy) is 2. The van der Waals surface area contributed by atoms with Crippen molar-refractivity contribution in [1.29, 1.82) is 0 Å². The second-order valence-corrected chi connectivity index (χ2v) is 7.12. The van der Waals surface area contributed by atoms with Crippen molar-refractivity contribution in [3.8, 4) is 11.5 Å². The lowest BCUT2D eigenvalue weighted by Gasteiger charge is -2.28. The number of fused-ring (bicyclic) bond motifs is 1. The van der Waals surface area contributed by atoms with E-state index < -0.39 is 5.97 Å². The maximum atomic E-state index is 12.8. The van der Waals surface area contributed by atoms with Crippen LogP contribution in [0.3, 0.4) is 0 Å². The van der Waals surface area contributed by atoms with Gasteiger partial charge in [0.15, 0.2) is 11.6 Å². The summed E-state index contributed by atoms with van der Waals surface area (Å²) in [5.74, 6) is 0.204. The molecule has 0 unspecified atom stereocenters. The molecule has 10 nitrogen and oxygen atoms in total. The van der Waals surface area contributed by atoms with Crippen molar-refractivity contribution in [1.82, 2.24) is 4.98 Å². The molecule has 2 amide bonds. The quantitative estimate of drug-likeness (QED) is 0.431. The molecule has 1 aromatic heterocycles. The highest BCUT2D eigenvalue weighted by Gasteiger charge is 2.26. The molecule has 0 radical (unpaired) electrons. The van der Waals surface area contributed by atoms with Crippen LogP contribution in [0.4, 0.5) is 27.7 Å². The van der Waals surface area contributed by atoms with Gasteiger partial charge in [0.1, 0.15) is 19.0 Å². The van der Waals surface area contributed by atoms with E-state index in [9.17, 15) is 14.7 Å². The number of aromatic carboxylic acids is 1. The van der Waals surface area contributed by atoms with Crippen LogP contribution < -0.4 is 30.7 Å². The SMILES string of the molecule is NCCOc1ccc(C(=O)O)cc1Nc1cnc2c(c1)OCCN2C(=O)Nc1ccccc1. The van der Waals surface area contributed by atoms with E-state index in [0.717, 1.165) is 0 Å². The summed E-state index contributed by atoms with van der Waals surface area (Å²) < 4.78 is 11.3. The van der Waals surface area contributed by atoms with Gasteiger partial charge in [-0.2, -0.15) is 0 Å². The van der Waals surface area contributed by atoms with E-state index in [0.29, 0.717) is 54.1 Å². The van der Waals surface area contributed by atoms with E-state index in [2.05, 4.69) is 15.6 Å². The van der Waals surface area contributed by atoms with Crippen molar-refractivity contribution in [3.63, 3.8) is 0 Å². The van der Waals surface area contributed by atoms with E-state index in [1.165, 1.54) is 23.2 Å². The minimum Gasteiger partial charge on any atom is -0.490 e. The van der Waals surface area contributed by atoms with E-state index in [-0.39, 0.29) is 18.2 Å². The van der Waals surface area contributed by atoms with Crippen LogP contribution in [0.2, 0.25) is 0 Å². The first-order valence-corrected chi connectivity index (χ1v) is 10.3. The highest BCUT2D eigenvalue weighted by Crippen LogP contribution is 2.35. The minimum absolute atomic E-state index is 0.100. The molecule has 5 N–H and O–H groups in total. The van der Waals surface area contributed by atoms with E-state index in [4.69, 9.17) is 15.2 Å². The van der Waals surface area contributed by atoms with Crippen LogP contribution in [0.5, 0.6) is 11.5 Å². The molecular weight excluding hydrogens is 426 g/mol. The van der Waals surface area contributed by atoms with Gasteiger partial charge in [0.05, 0.1) is 29.7 Å². The molecule has 33 heavy (non-hydrogen) atoms. The van der Waals surface area contributed by atoms with Crippen molar-refractivity contribution in [2.45, 2.75) is 0 Å². The average molecular weight is 449 g/mol. The smallest absolute Gasteiger partial charge is 0.335 e. The zero-order valence-corrected chi connectivity index (χ0v) is 17.7. The fourth-order valence-electron chi connectivity index (χ4n) is 3.29. The molecule has 0 spiro atoms. The number of hydrogen-bond acceptors (Lipinski definition) is 7. The van der Waals surface area contributed by atoms with Crippen LogP contribution in [0.15, 0.2) is 60.8 Å². The Balaban J connectivity index is 1.56. The van der Waals surface area contributed by atoms with E-state index >= 15 is 0 Å². The number of carbonyl (C=O) groups excluding carboxylic acids is 1. The maximum Gasteiger partial charge on any atom is 0.335 e. The monoisotopic (exact) mass is 449 g/mol. The molecule has 0 aliphatic carbocycles. The average Bonchev–Trinajstić information content (AvgIpc) is 2.83. The Kier molecular flexibility index (Phi) is 6.56. The normalized spacial score (nSPS) is 12.3. The highest BCUT2D eigenvalue weighted by atomic mass is 16.5. The third-order valence-corrected chi connectivity index (χ3v) is 4.81. The van der Waals surface area contributed by atoms with Crippen LogP contribution in [-0.2, 0) is 0 Å². The lowest BCUT2D eigenvalue weighted by Crippen LogP contribution is -2.41. The van der Waals surface area contributed by atoms with Crippen molar-refractivity contribution in [2.24, 2.45) is 5.73 Å². The van der Waals surface area contributed by atoms with E-state index in [1.54, 1.807) is 24.3 Å². The predicted molar refractivity (Wildman–Crippen MR) is 124 cm³/mol. The number of amides is 2. The number of urea groups is 1. The largest absolute Gasteiger partial charge is 0.490 e. The number of hydrogen-bond donors (Lipinski definition) is 4. The van der Waals surface area contributed by atoms with Crippen LogP contribution in [0.25, 0.3) is 0 Å². The lowest BCUT2D eigenvalue weighted by molar-refractivity contribution is 0.0697. The standard InChI is InChI=1S/C23H23N5O5/c24-8-10-32-19-7-6-15(22(29)30)12-18(19)26-17-13-20-21(25-14-17)28(9-11-33-20)23(31)27-16-4-2-1-3-5-16/h1-7,12-14,26H,8-11,24H2,(H,27,31)(H,29,30). The molecule has 0 atom stereocenters. The number of carboxylic acid groups (broad SMARTS) is 1. The number of aromatic nitrogens is 1. The van der Waals surface area contributed by atoms with Crippen LogP contribution >= 0.6 is 0 Å². The van der Waals surface area contributed by atoms with Gasteiger partial charge in [-0.05, 0) is 30.3 Å². The molecular formula is C23H23N5O5. The molecule has 10 heteroatoms. The highest BCUT2D eigenvalue weighted by molar-refractivity contribution is 6.02. The second-order valence-electron chi connectivity index (χ2n) is 7.12. The van der Waals surface area contributed by atoms with E-state index in [1.807, 2.05) is 18.2 Å². The molecule has 3 aromatic rings. The third-order valence-electron chi connectivity index (χ3n) is 4.81. The summed E-state index contributed by atoms with van der Waals surface area (Å²) in [6.45, 7) is 1.25. The van der Waals surface area contributed by atoms with Gasteiger partial charge >= 0.3 is 12.0 Å². The van der Waals surface area contributed by atoms with Gasteiger partial charge in [0.25, 0.3) is 0 Å². The summed E-state index contributed by atoms with van der Waals surface area (Å²) in [5.41, 5.74) is 7.28. The van der Waals surface area contributed by atoms with Crippen molar-refractivity contribution in [3.05, 3.63) is 66.4 Å². The Morgan fingerprint density at radius 2 is 1.97 bits per heavy atom. The fraction of sp³-hybridized carbons (Fsp3) is 0.174. The van der Waals surface area contributed by atoms with Crippen molar-refractivity contribution < 1.29 is 24.2 Å². The Bertz CT molecular complexity index is 1160. The third kappa shape index (κ3) is 5.13. The predicted octanol–water partition coefficient (Wildman–Crippen LogP) is 3.29. The van der Waals surface area contributed by atoms with Gasteiger partial charge in [0.2, 0.25) is 0 Å². The maximum absolute atomic E-state index is 12.8. The summed E-state index contributed by atoms with van der Waals surface area (Å²) >= 11 is 0. The summed E-state index contributed by atoms with van der Waals surface area (Å²) in [4.78, 5) is 30.1. The summed E-state index contributed by atoms with van der Waals surface area (Å²) in [5, 5.41) is 15.3. The van der Waals surface area contributed by atoms with Gasteiger partial charge in [-0.3, -0.25) is 4.90 Å². The van der Waals surface area contributed by atoms with Gasteiger partial charge in [-0.25, -0.2) is 14.6 Å². The molecule has 1 aliphatic rings. The Morgan fingerprint density at radius 3 is 2.73 bits per heavy atom. The van der Waals surface area contributed by atoms with Gasteiger partial charge in [-0.1, -0.05) is 18.2 Å². The zero-order chi connectivity index (χ0) is 23.2. The summed E-state index contributed by atoms with van der Waals surface area (Å²) in [7, 11) is 0. The summed E-state index contributed by atoms with van der Waals surface area (Å²) in [6.07, 6.45) is 1.54. The van der Waals surface area contributed by atoms with Crippen LogP contribution in [0.1, 0.15) is 10.4 Å².